The number of aromatic nitrogens is 3. The highest BCUT2D eigenvalue weighted by atomic mass is 16.5. The summed E-state index contributed by atoms with van der Waals surface area (Å²) in [5, 5.41) is 8.42. The lowest BCUT2D eigenvalue weighted by atomic mass is 10.1. The fourth-order valence-electron chi connectivity index (χ4n) is 3.17. The Morgan fingerprint density at radius 3 is 2.84 bits per heavy atom. The quantitative estimate of drug-likeness (QED) is 0.713. The van der Waals surface area contributed by atoms with E-state index >= 15 is 0 Å². The number of ether oxygens (including phenoxy) is 1. The molecule has 3 heterocycles. The summed E-state index contributed by atoms with van der Waals surface area (Å²) in [5.74, 6) is 2.43. The van der Waals surface area contributed by atoms with Gasteiger partial charge in [-0.05, 0) is 42.8 Å². The molecule has 0 saturated carbocycles. The van der Waals surface area contributed by atoms with Gasteiger partial charge in [-0.3, -0.25) is 9.88 Å². The Hall–Kier alpha value is -2.73. The van der Waals surface area contributed by atoms with E-state index in [1.54, 1.807) is 19.5 Å². The van der Waals surface area contributed by atoms with Crippen LogP contribution in [0.25, 0.3) is 11.5 Å². The van der Waals surface area contributed by atoms with Crippen molar-refractivity contribution >= 4 is 0 Å². The molecule has 1 atom stereocenters. The van der Waals surface area contributed by atoms with Gasteiger partial charge in [0.1, 0.15) is 5.75 Å². The molecule has 1 aliphatic heterocycles. The molecule has 1 saturated heterocycles. The Kier molecular flexibility index (Phi) is 4.43. The summed E-state index contributed by atoms with van der Waals surface area (Å²) < 4.78 is 11.1. The van der Waals surface area contributed by atoms with E-state index in [9.17, 15) is 0 Å². The molecular weight excluding hydrogens is 316 g/mol. The second kappa shape index (κ2) is 7.03. The van der Waals surface area contributed by atoms with Crippen LogP contribution >= 0.6 is 0 Å². The molecule has 0 spiro atoms. The minimum atomic E-state index is 0.288. The zero-order chi connectivity index (χ0) is 17.1. The number of likely N-dealkylation sites (tertiary alicyclic amines) is 1. The highest BCUT2D eigenvalue weighted by Crippen LogP contribution is 2.29. The molecule has 1 aromatic carbocycles. The van der Waals surface area contributed by atoms with Gasteiger partial charge in [0.05, 0.1) is 18.6 Å². The Labute approximate surface area is 146 Å². The van der Waals surface area contributed by atoms with Gasteiger partial charge in [-0.25, -0.2) is 0 Å². The molecule has 0 aliphatic carbocycles. The van der Waals surface area contributed by atoms with Crippen molar-refractivity contribution in [2.24, 2.45) is 0 Å². The zero-order valence-electron chi connectivity index (χ0n) is 14.1. The third-order valence-corrected chi connectivity index (χ3v) is 4.54. The fraction of sp³-hybridized carbons (Fsp3) is 0.316. The summed E-state index contributed by atoms with van der Waals surface area (Å²) in [6, 6.07) is 12.0. The highest BCUT2D eigenvalue weighted by Gasteiger charge is 2.28. The average Bonchev–Trinajstić information content (AvgIpc) is 3.32. The van der Waals surface area contributed by atoms with E-state index in [4.69, 9.17) is 9.15 Å². The number of benzene rings is 1. The van der Waals surface area contributed by atoms with Crippen LogP contribution < -0.4 is 4.74 Å². The van der Waals surface area contributed by atoms with Crippen LogP contribution in [0.3, 0.4) is 0 Å². The summed E-state index contributed by atoms with van der Waals surface area (Å²) in [4.78, 5) is 6.51. The Morgan fingerprint density at radius 1 is 1.20 bits per heavy atom. The van der Waals surface area contributed by atoms with Gasteiger partial charge in [-0.2, -0.15) is 0 Å². The Bertz CT molecular complexity index is 817. The van der Waals surface area contributed by atoms with E-state index in [1.165, 1.54) is 5.56 Å². The number of pyridine rings is 1. The summed E-state index contributed by atoms with van der Waals surface area (Å²) in [6.45, 7) is 2.88. The van der Waals surface area contributed by atoms with Gasteiger partial charge in [0, 0.05) is 25.5 Å². The van der Waals surface area contributed by atoms with Crippen LogP contribution in [0, 0.1) is 0 Å². The lowest BCUT2D eigenvalue weighted by Crippen LogP contribution is -2.19. The van der Waals surface area contributed by atoms with Crippen LogP contribution in [0.2, 0.25) is 0 Å². The predicted octanol–water partition coefficient (Wildman–Crippen LogP) is 3.13. The Balaban J connectivity index is 1.39. The van der Waals surface area contributed by atoms with Gasteiger partial charge in [0.2, 0.25) is 11.8 Å². The first-order valence-corrected chi connectivity index (χ1v) is 8.41. The van der Waals surface area contributed by atoms with E-state index in [-0.39, 0.29) is 5.92 Å². The van der Waals surface area contributed by atoms with E-state index < -0.39 is 0 Å². The van der Waals surface area contributed by atoms with Crippen molar-refractivity contribution in [2.75, 3.05) is 20.2 Å². The van der Waals surface area contributed by atoms with Crippen molar-refractivity contribution in [1.82, 2.24) is 20.1 Å². The van der Waals surface area contributed by atoms with Crippen molar-refractivity contribution in [2.45, 2.75) is 18.9 Å². The largest absolute Gasteiger partial charge is 0.497 e. The maximum absolute atomic E-state index is 5.88. The molecule has 0 amide bonds. The molecule has 0 unspecified atom stereocenters. The molecule has 6 heteroatoms. The van der Waals surface area contributed by atoms with Crippen molar-refractivity contribution in [1.29, 1.82) is 0 Å². The molecule has 6 nitrogen and oxygen atoms in total. The van der Waals surface area contributed by atoms with E-state index in [1.807, 2.05) is 24.3 Å². The molecule has 1 fully saturated rings. The van der Waals surface area contributed by atoms with Crippen LogP contribution in [0.1, 0.15) is 23.8 Å². The smallest absolute Gasteiger partial charge is 0.249 e. The third-order valence-electron chi connectivity index (χ3n) is 4.54. The topological polar surface area (TPSA) is 64.3 Å². The molecule has 0 radical (unpaired) electrons. The second-order valence-corrected chi connectivity index (χ2v) is 6.26. The number of nitrogens with zero attached hydrogens (tertiary/aromatic N) is 4. The van der Waals surface area contributed by atoms with Crippen molar-refractivity contribution < 1.29 is 9.15 Å². The van der Waals surface area contributed by atoms with E-state index in [0.29, 0.717) is 5.89 Å². The molecule has 128 valence electrons. The summed E-state index contributed by atoms with van der Waals surface area (Å²) in [5.41, 5.74) is 2.14. The van der Waals surface area contributed by atoms with Crippen LogP contribution in [-0.4, -0.2) is 40.3 Å². The van der Waals surface area contributed by atoms with Crippen LogP contribution in [-0.2, 0) is 6.54 Å². The summed E-state index contributed by atoms with van der Waals surface area (Å²) >= 11 is 0. The molecule has 1 aliphatic rings. The summed E-state index contributed by atoms with van der Waals surface area (Å²) in [6.07, 6.45) is 4.50. The molecule has 25 heavy (non-hydrogen) atoms. The maximum Gasteiger partial charge on any atom is 0.249 e. The first-order chi connectivity index (χ1) is 12.3. The minimum absolute atomic E-state index is 0.288. The van der Waals surface area contributed by atoms with Crippen molar-refractivity contribution in [3.05, 3.63) is 60.2 Å². The zero-order valence-corrected chi connectivity index (χ0v) is 14.1. The van der Waals surface area contributed by atoms with Gasteiger partial charge < -0.3 is 9.15 Å². The van der Waals surface area contributed by atoms with Crippen molar-refractivity contribution in [3.63, 3.8) is 0 Å². The van der Waals surface area contributed by atoms with Gasteiger partial charge in [0.25, 0.3) is 0 Å². The second-order valence-electron chi connectivity index (χ2n) is 6.26. The minimum Gasteiger partial charge on any atom is -0.497 e. The fourth-order valence-corrected chi connectivity index (χ4v) is 3.17. The lowest BCUT2D eigenvalue weighted by molar-refractivity contribution is 0.320. The molecule has 3 aromatic rings. The normalized spacial score (nSPS) is 17.7. The Morgan fingerprint density at radius 2 is 2.08 bits per heavy atom. The van der Waals surface area contributed by atoms with Crippen LogP contribution in [0.4, 0.5) is 0 Å². The average molecular weight is 336 g/mol. The first-order valence-electron chi connectivity index (χ1n) is 8.41. The number of hydrogen-bond acceptors (Lipinski definition) is 6. The molecule has 0 bridgehead atoms. The SMILES string of the molecule is COc1ccc(CN2CC[C@H](c3nnc(-c4cccnc4)o3)C2)cc1. The molecular formula is C19H20N4O2. The molecule has 4 rings (SSSR count). The van der Waals surface area contributed by atoms with Crippen LogP contribution in [0.5, 0.6) is 5.75 Å². The number of rotatable bonds is 5. The van der Waals surface area contributed by atoms with Crippen LogP contribution in [0.15, 0.2) is 53.2 Å². The monoisotopic (exact) mass is 336 g/mol. The van der Waals surface area contributed by atoms with E-state index in [2.05, 4.69) is 32.2 Å². The van der Waals surface area contributed by atoms with Gasteiger partial charge in [-0.15, -0.1) is 10.2 Å². The third kappa shape index (κ3) is 3.53. The highest BCUT2D eigenvalue weighted by molar-refractivity contribution is 5.50. The van der Waals surface area contributed by atoms with Crippen molar-refractivity contribution in [3.8, 4) is 17.2 Å². The number of hydrogen-bond donors (Lipinski definition) is 0. The van der Waals surface area contributed by atoms with Gasteiger partial charge in [0.15, 0.2) is 0 Å². The first kappa shape index (κ1) is 15.8. The van der Waals surface area contributed by atoms with Gasteiger partial charge >= 0.3 is 0 Å². The maximum atomic E-state index is 5.88. The molecule has 2 aromatic heterocycles. The van der Waals surface area contributed by atoms with Gasteiger partial charge in [-0.1, -0.05) is 12.1 Å². The summed E-state index contributed by atoms with van der Waals surface area (Å²) in [7, 11) is 1.68. The lowest BCUT2D eigenvalue weighted by Gasteiger charge is -2.15. The van der Waals surface area contributed by atoms with E-state index in [0.717, 1.165) is 43.3 Å². The number of methoxy groups -OCH3 is 1. The molecule has 0 N–H and O–H groups in total. The predicted molar refractivity (Wildman–Crippen MR) is 93.2 cm³/mol. The standard InChI is InChI=1S/C19H20N4O2/c1-24-17-6-4-14(5-7-17)12-23-10-8-16(13-23)19-22-21-18(25-19)15-3-2-9-20-11-15/h2-7,9,11,16H,8,10,12-13H2,1H3/t16-/m0/s1.